The molecule has 0 atom stereocenters. The fourth-order valence-corrected chi connectivity index (χ4v) is 6.75. The van der Waals surface area contributed by atoms with E-state index in [9.17, 15) is 23.3 Å². The SMILES string of the molecule is CCCOc1ccc(S(=O)(=O)N2CCN(CCCO[N+](=O)[O-])CC2)cc1-c1nc2c(CCC)c(C=NC)n(C)c2c(=O)[nH]1. The third-order valence-electron chi connectivity index (χ3n) is 7.39. The molecular formula is C28H39N7O7S. The van der Waals surface area contributed by atoms with Crippen molar-refractivity contribution in [1.82, 2.24) is 23.7 Å². The van der Waals surface area contributed by atoms with Crippen LogP contribution in [0.5, 0.6) is 5.75 Å². The number of nitrogens with one attached hydrogen (secondary N) is 1. The molecule has 1 saturated heterocycles. The van der Waals surface area contributed by atoms with E-state index in [1.165, 1.54) is 16.4 Å². The summed E-state index contributed by atoms with van der Waals surface area (Å²) in [5.41, 5.74) is 2.72. The molecular weight excluding hydrogens is 578 g/mol. The molecule has 234 valence electrons. The second-order valence-electron chi connectivity index (χ2n) is 10.3. The topological polar surface area (TPSA) is 165 Å². The zero-order valence-corrected chi connectivity index (χ0v) is 25.9. The van der Waals surface area contributed by atoms with E-state index in [-0.39, 0.29) is 36.0 Å². The Hall–Kier alpha value is -3.82. The minimum Gasteiger partial charge on any atom is -0.493 e. The van der Waals surface area contributed by atoms with Gasteiger partial charge >= 0.3 is 0 Å². The molecule has 1 N–H and O–H groups in total. The zero-order chi connectivity index (χ0) is 31.1. The predicted molar refractivity (Wildman–Crippen MR) is 163 cm³/mol. The van der Waals surface area contributed by atoms with Crippen LogP contribution in [-0.2, 0) is 28.3 Å². The number of fused-ring (bicyclic) bond motifs is 1. The maximum atomic E-state index is 13.7. The van der Waals surface area contributed by atoms with Crippen LogP contribution in [0.1, 0.15) is 44.4 Å². The summed E-state index contributed by atoms with van der Waals surface area (Å²) >= 11 is 0. The fourth-order valence-electron chi connectivity index (χ4n) is 5.31. The summed E-state index contributed by atoms with van der Waals surface area (Å²) < 4.78 is 36.7. The minimum absolute atomic E-state index is 0.000909. The summed E-state index contributed by atoms with van der Waals surface area (Å²) in [6.45, 7) is 6.53. The first-order chi connectivity index (χ1) is 20.6. The van der Waals surface area contributed by atoms with Gasteiger partial charge in [0.05, 0.1) is 29.4 Å². The zero-order valence-electron chi connectivity index (χ0n) is 25.0. The van der Waals surface area contributed by atoms with E-state index >= 15 is 0 Å². The van der Waals surface area contributed by atoms with Crippen molar-refractivity contribution in [2.45, 2.75) is 44.4 Å². The highest BCUT2D eigenvalue weighted by Gasteiger charge is 2.30. The molecule has 2 aromatic heterocycles. The number of H-pyrrole nitrogens is 1. The van der Waals surface area contributed by atoms with E-state index in [1.807, 2.05) is 6.92 Å². The van der Waals surface area contributed by atoms with Crippen LogP contribution in [0.3, 0.4) is 0 Å². The number of hydrogen-bond donors (Lipinski definition) is 1. The van der Waals surface area contributed by atoms with Gasteiger partial charge < -0.3 is 24.0 Å². The molecule has 4 rings (SSSR count). The molecule has 3 aromatic rings. The van der Waals surface area contributed by atoms with Gasteiger partial charge in [-0.2, -0.15) is 4.31 Å². The van der Waals surface area contributed by atoms with Gasteiger partial charge in [-0.3, -0.25) is 9.79 Å². The Morgan fingerprint density at radius 3 is 2.56 bits per heavy atom. The largest absolute Gasteiger partial charge is 0.493 e. The minimum atomic E-state index is -3.87. The molecule has 0 bridgehead atoms. The van der Waals surface area contributed by atoms with Gasteiger partial charge in [0.15, 0.2) is 0 Å². The summed E-state index contributed by atoms with van der Waals surface area (Å²) in [5.74, 6) is 0.652. The van der Waals surface area contributed by atoms with E-state index in [2.05, 4.69) is 26.6 Å². The lowest BCUT2D eigenvalue weighted by Gasteiger charge is -2.34. The molecule has 14 nitrogen and oxygen atoms in total. The van der Waals surface area contributed by atoms with Gasteiger partial charge in [0, 0.05) is 58.6 Å². The lowest BCUT2D eigenvalue weighted by atomic mass is 10.1. The second-order valence-corrected chi connectivity index (χ2v) is 12.3. The van der Waals surface area contributed by atoms with Crippen molar-refractivity contribution in [3.63, 3.8) is 0 Å². The summed E-state index contributed by atoms with van der Waals surface area (Å²) in [4.78, 5) is 42.1. The van der Waals surface area contributed by atoms with Crippen molar-refractivity contribution in [2.75, 3.05) is 53.0 Å². The summed E-state index contributed by atoms with van der Waals surface area (Å²) in [5, 5.41) is 9.53. The number of aliphatic imine (C=N–C) groups is 1. The summed E-state index contributed by atoms with van der Waals surface area (Å²) in [7, 11) is -0.395. The molecule has 1 aliphatic rings. The van der Waals surface area contributed by atoms with E-state index in [1.54, 1.807) is 30.9 Å². The van der Waals surface area contributed by atoms with E-state index < -0.39 is 15.1 Å². The van der Waals surface area contributed by atoms with Gasteiger partial charge in [-0.25, -0.2) is 13.4 Å². The molecule has 3 heterocycles. The molecule has 15 heteroatoms. The van der Waals surface area contributed by atoms with E-state index in [0.717, 1.165) is 24.1 Å². The Kier molecular flexibility index (Phi) is 10.5. The van der Waals surface area contributed by atoms with Crippen LogP contribution in [0.4, 0.5) is 0 Å². The number of hydrogen-bond acceptors (Lipinski definition) is 10. The number of sulfonamides is 1. The van der Waals surface area contributed by atoms with Crippen molar-refractivity contribution >= 4 is 27.3 Å². The summed E-state index contributed by atoms with van der Waals surface area (Å²) in [6, 6.07) is 4.64. The van der Waals surface area contributed by atoms with Crippen molar-refractivity contribution in [3.05, 3.63) is 49.9 Å². The Balaban J connectivity index is 1.69. The average Bonchev–Trinajstić information content (AvgIpc) is 3.25. The van der Waals surface area contributed by atoms with Crippen molar-refractivity contribution in [3.8, 4) is 17.1 Å². The third-order valence-corrected chi connectivity index (χ3v) is 9.28. The highest BCUT2D eigenvalue weighted by Crippen LogP contribution is 2.33. The Morgan fingerprint density at radius 1 is 1.16 bits per heavy atom. The van der Waals surface area contributed by atoms with Gasteiger partial charge in [0.2, 0.25) is 10.0 Å². The first kappa shape index (κ1) is 32.1. The second kappa shape index (κ2) is 14.1. The van der Waals surface area contributed by atoms with Crippen LogP contribution in [0.25, 0.3) is 22.4 Å². The Bertz CT molecular complexity index is 1640. The van der Waals surface area contributed by atoms with Crippen LogP contribution < -0.4 is 10.3 Å². The quantitative estimate of drug-likeness (QED) is 0.124. The number of aryl methyl sites for hydroxylation is 2. The molecule has 43 heavy (non-hydrogen) atoms. The number of aromatic nitrogens is 3. The van der Waals surface area contributed by atoms with Gasteiger partial charge in [-0.1, -0.05) is 20.3 Å². The molecule has 0 spiro atoms. The molecule has 1 fully saturated rings. The van der Waals surface area contributed by atoms with Crippen LogP contribution in [0.2, 0.25) is 0 Å². The van der Waals surface area contributed by atoms with Gasteiger partial charge in [-0.05, 0) is 37.5 Å². The third kappa shape index (κ3) is 7.05. The number of ether oxygens (including phenoxy) is 1. The molecule has 1 aliphatic heterocycles. The monoisotopic (exact) mass is 617 g/mol. The summed E-state index contributed by atoms with van der Waals surface area (Å²) in [6.07, 6.45) is 4.46. The number of aromatic amines is 1. The van der Waals surface area contributed by atoms with E-state index in [4.69, 9.17) is 9.72 Å². The fraction of sp³-hybridized carbons (Fsp3) is 0.536. The standard InChI is InChI=1S/C28H39N7O7S/c1-5-8-21-23(19-29-3)32(4)26-25(21)30-27(31-28(26)36)22-18-20(9-10-24(22)41-16-6-2)43(39,40)34-14-12-33(13-15-34)11-7-17-42-35(37)38/h9-10,18-19H,5-8,11-17H2,1-4H3,(H,30,31,36). The van der Waals surface area contributed by atoms with Crippen LogP contribution >= 0.6 is 0 Å². The number of piperazine rings is 1. The maximum absolute atomic E-state index is 13.7. The Labute approximate surface area is 250 Å². The Morgan fingerprint density at radius 2 is 1.91 bits per heavy atom. The first-order valence-electron chi connectivity index (χ1n) is 14.4. The first-order valence-corrected chi connectivity index (χ1v) is 15.9. The normalized spacial score (nSPS) is 15.0. The van der Waals surface area contributed by atoms with E-state index in [0.29, 0.717) is 61.4 Å². The van der Waals surface area contributed by atoms with Crippen LogP contribution in [-0.4, -0.2) is 96.4 Å². The lowest BCUT2D eigenvalue weighted by molar-refractivity contribution is -0.757. The molecule has 0 unspecified atom stereocenters. The van der Waals surface area contributed by atoms with Crippen molar-refractivity contribution in [1.29, 1.82) is 0 Å². The molecule has 1 aromatic carbocycles. The number of rotatable bonds is 14. The molecule has 0 aliphatic carbocycles. The number of nitrogens with zero attached hydrogens (tertiary/aromatic N) is 6. The molecule has 0 amide bonds. The molecule has 0 radical (unpaired) electrons. The highest BCUT2D eigenvalue weighted by molar-refractivity contribution is 7.89. The maximum Gasteiger partial charge on any atom is 0.294 e. The van der Waals surface area contributed by atoms with Crippen molar-refractivity contribution < 1.29 is 23.1 Å². The van der Waals surface area contributed by atoms with Crippen LogP contribution in [0.15, 0.2) is 32.9 Å². The predicted octanol–water partition coefficient (Wildman–Crippen LogP) is 2.62. The van der Waals surface area contributed by atoms with Crippen LogP contribution in [0, 0.1) is 10.1 Å². The number of benzene rings is 1. The van der Waals surface area contributed by atoms with Crippen molar-refractivity contribution in [2.24, 2.45) is 12.0 Å². The smallest absolute Gasteiger partial charge is 0.294 e. The lowest BCUT2D eigenvalue weighted by Crippen LogP contribution is -2.48. The van der Waals surface area contributed by atoms with Gasteiger partial charge in [0.1, 0.15) is 22.6 Å². The highest BCUT2D eigenvalue weighted by atomic mass is 32.2. The molecule has 0 saturated carbocycles. The van der Waals surface area contributed by atoms with Gasteiger partial charge in [-0.15, -0.1) is 10.1 Å². The average molecular weight is 618 g/mol. The van der Waals surface area contributed by atoms with Gasteiger partial charge in [0.25, 0.3) is 10.6 Å².